The van der Waals surface area contributed by atoms with Crippen molar-refractivity contribution in [3.63, 3.8) is 0 Å². The van der Waals surface area contributed by atoms with Crippen LogP contribution >= 0.6 is 46.6 Å². The van der Waals surface area contributed by atoms with Gasteiger partial charge in [-0.25, -0.2) is 0 Å². The molecule has 2 aromatic carbocycles. The van der Waals surface area contributed by atoms with E-state index in [2.05, 4.69) is 20.8 Å². The number of tetrazole rings is 1. The molecule has 0 aliphatic rings. The Morgan fingerprint density at radius 3 is 2.64 bits per heavy atom. The molecule has 1 amide bonds. The Morgan fingerprint density at radius 2 is 1.89 bits per heavy atom. The summed E-state index contributed by atoms with van der Waals surface area (Å²) in [6.45, 7) is 1.73. The van der Waals surface area contributed by atoms with Crippen LogP contribution in [0.5, 0.6) is 5.75 Å². The maximum absolute atomic E-state index is 12.6. The third kappa shape index (κ3) is 4.52. The number of ether oxygens (including phenoxy) is 1. The number of methoxy groups -OCH3 is 1. The Bertz CT molecular complexity index is 1010. The van der Waals surface area contributed by atoms with Gasteiger partial charge in [-0.2, -0.15) is 4.68 Å². The molecule has 0 saturated heterocycles. The van der Waals surface area contributed by atoms with Crippen molar-refractivity contribution in [3.8, 4) is 11.4 Å². The molecule has 0 saturated carbocycles. The fourth-order valence-corrected chi connectivity index (χ4v) is 3.67. The summed E-state index contributed by atoms with van der Waals surface area (Å²) in [6, 6.07) is 10.3. The summed E-state index contributed by atoms with van der Waals surface area (Å²) < 4.78 is 6.86. The van der Waals surface area contributed by atoms with Crippen LogP contribution in [0.4, 0.5) is 5.69 Å². The Hall–Kier alpha value is -2.00. The first kappa shape index (κ1) is 20.7. The van der Waals surface area contributed by atoms with Gasteiger partial charge in [-0.3, -0.25) is 4.79 Å². The first-order valence-corrected chi connectivity index (χ1v) is 9.96. The number of nitrogens with zero attached hydrogens (tertiary/aromatic N) is 4. The van der Waals surface area contributed by atoms with Gasteiger partial charge in [-0.15, -0.1) is 5.10 Å². The lowest BCUT2D eigenvalue weighted by Gasteiger charge is -2.14. The number of nitrogens with one attached hydrogen (secondary N) is 1. The molecule has 1 N–H and O–H groups in total. The second kappa shape index (κ2) is 9.00. The number of para-hydroxylation sites is 2. The highest BCUT2D eigenvalue weighted by Gasteiger charge is 2.21. The summed E-state index contributed by atoms with van der Waals surface area (Å²) in [5.41, 5.74) is 1.04. The van der Waals surface area contributed by atoms with E-state index in [9.17, 15) is 4.79 Å². The monoisotopic (exact) mass is 457 g/mol. The highest BCUT2D eigenvalue weighted by atomic mass is 35.5. The van der Waals surface area contributed by atoms with Crippen LogP contribution in [0.3, 0.4) is 0 Å². The molecule has 0 aliphatic heterocycles. The number of halogens is 3. The third-order valence-electron chi connectivity index (χ3n) is 3.67. The van der Waals surface area contributed by atoms with E-state index >= 15 is 0 Å². The molecule has 1 aromatic heterocycles. The number of hydrogen-bond donors (Lipinski definition) is 1. The van der Waals surface area contributed by atoms with Gasteiger partial charge < -0.3 is 10.1 Å². The number of thioether (sulfide) groups is 1. The van der Waals surface area contributed by atoms with Crippen molar-refractivity contribution >= 4 is 58.2 Å². The number of rotatable bonds is 6. The molecule has 0 spiro atoms. The van der Waals surface area contributed by atoms with Gasteiger partial charge in [0.1, 0.15) is 11.4 Å². The molecular formula is C17H14Cl3N5O2S. The average molecular weight is 459 g/mol. The maximum atomic E-state index is 12.6. The van der Waals surface area contributed by atoms with E-state index in [0.29, 0.717) is 37.3 Å². The van der Waals surface area contributed by atoms with E-state index in [4.69, 9.17) is 39.5 Å². The summed E-state index contributed by atoms with van der Waals surface area (Å²) in [4.78, 5) is 12.6. The van der Waals surface area contributed by atoms with E-state index in [1.807, 2.05) is 18.2 Å². The maximum Gasteiger partial charge on any atom is 0.237 e. The van der Waals surface area contributed by atoms with Crippen molar-refractivity contribution in [2.24, 2.45) is 0 Å². The number of anilines is 1. The third-order valence-corrected chi connectivity index (χ3v) is 5.74. The van der Waals surface area contributed by atoms with E-state index in [1.54, 1.807) is 20.1 Å². The molecule has 3 rings (SSSR count). The van der Waals surface area contributed by atoms with Crippen molar-refractivity contribution in [1.82, 2.24) is 20.2 Å². The summed E-state index contributed by atoms with van der Waals surface area (Å²) in [5, 5.41) is 15.3. The highest BCUT2D eigenvalue weighted by molar-refractivity contribution is 8.00. The van der Waals surface area contributed by atoms with Crippen LogP contribution in [0.1, 0.15) is 6.92 Å². The molecule has 0 aliphatic carbocycles. The largest absolute Gasteiger partial charge is 0.494 e. The molecule has 0 radical (unpaired) electrons. The average Bonchev–Trinajstić information content (AvgIpc) is 3.13. The van der Waals surface area contributed by atoms with E-state index < -0.39 is 5.25 Å². The molecule has 7 nitrogen and oxygen atoms in total. The lowest BCUT2D eigenvalue weighted by atomic mass is 10.3. The van der Waals surface area contributed by atoms with Crippen molar-refractivity contribution < 1.29 is 9.53 Å². The predicted molar refractivity (Wildman–Crippen MR) is 111 cm³/mol. The van der Waals surface area contributed by atoms with E-state index in [1.165, 1.54) is 28.6 Å². The number of carbonyl (C=O) groups excluding carboxylic acids is 1. The van der Waals surface area contributed by atoms with Gasteiger partial charge in [0.25, 0.3) is 0 Å². The van der Waals surface area contributed by atoms with Gasteiger partial charge >= 0.3 is 0 Å². The van der Waals surface area contributed by atoms with Gasteiger partial charge in [-0.1, -0.05) is 58.7 Å². The predicted octanol–water partition coefficient (Wildman–Crippen LogP) is 4.75. The zero-order valence-electron chi connectivity index (χ0n) is 14.7. The first-order valence-electron chi connectivity index (χ1n) is 7.94. The molecule has 1 heterocycles. The van der Waals surface area contributed by atoms with Crippen molar-refractivity contribution in [2.75, 3.05) is 12.4 Å². The van der Waals surface area contributed by atoms with Crippen LogP contribution in [0, 0.1) is 0 Å². The molecule has 11 heteroatoms. The molecule has 1 unspecified atom stereocenters. The van der Waals surface area contributed by atoms with Gasteiger partial charge in [0.05, 0.1) is 33.1 Å². The van der Waals surface area contributed by atoms with Gasteiger partial charge in [-0.05, 0) is 41.6 Å². The summed E-state index contributed by atoms with van der Waals surface area (Å²) in [5.74, 6) is 0.316. The fraction of sp³-hybridized carbons (Fsp3) is 0.176. The second-order valence-corrected chi connectivity index (χ2v) is 8.07. The minimum absolute atomic E-state index is 0.291. The summed E-state index contributed by atoms with van der Waals surface area (Å²) in [7, 11) is 1.56. The number of aromatic nitrogens is 4. The van der Waals surface area contributed by atoms with Gasteiger partial charge in [0.2, 0.25) is 11.1 Å². The van der Waals surface area contributed by atoms with Crippen LogP contribution in [0.15, 0.2) is 41.6 Å². The van der Waals surface area contributed by atoms with Crippen molar-refractivity contribution in [1.29, 1.82) is 0 Å². The van der Waals surface area contributed by atoms with Crippen LogP contribution in [-0.4, -0.2) is 38.5 Å². The normalized spacial score (nSPS) is 11.9. The minimum atomic E-state index is -0.523. The Kier molecular flexibility index (Phi) is 6.66. The molecule has 0 bridgehead atoms. The lowest BCUT2D eigenvalue weighted by Crippen LogP contribution is -2.23. The number of hydrogen-bond acceptors (Lipinski definition) is 6. The van der Waals surface area contributed by atoms with E-state index in [0.717, 1.165) is 0 Å². The fourth-order valence-electron chi connectivity index (χ4n) is 2.27. The van der Waals surface area contributed by atoms with Crippen molar-refractivity contribution in [3.05, 3.63) is 51.5 Å². The standard InChI is InChI=1S/C17H14Cl3N5O2S/c1-9(16(26)21-13-8-11(19)10(18)7-12(13)20)28-17-22-23-24-25(17)14-5-3-4-6-15(14)27-2/h3-9H,1-2H3,(H,21,26). The summed E-state index contributed by atoms with van der Waals surface area (Å²) >= 11 is 19.2. The molecule has 1 atom stereocenters. The quantitative estimate of drug-likeness (QED) is 0.424. The number of benzene rings is 2. The molecule has 28 heavy (non-hydrogen) atoms. The van der Waals surface area contributed by atoms with Crippen LogP contribution in [-0.2, 0) is 4.79 Å². The van der Waals surface area contributed by atoms with E-state index in [-0.39, 0.29) is 5.91 Å². The zero-order valence-corrected chi connectivity index (χ0v) is 17.8. The highest BCUT2D eigenvalue weighted by Crippen LogP contribution is 2.33. The SMILES string of the molecule is COc1ccccc1-n1nnnc1SC(C)C(=O)Nc1cc(Cl)c(Cl)cc1Cl. The molecule has 0 fully saturated rings. The molecular weight excluding hydrogens is 445 g/mol. The van der Waals surface area contributed by atoms with Crippen LogP contribution in [0.2, 0.25) is 15.1 Å². The second-order valence-electron chi connectivity index (χ2n) is 5.54. The Labute approximate surface area is 180 Å². The summed E-state index contributed by atoms with van der Waals surface area (Å²) in [6.07, 6.45) is 0. The Morgan fingerprint density at radius 1 is 1.18 bits per heavy atom. The molecule has 3 aromatic rings. The lowest BCUT2D eigenvalue weighted by molar-refractivity contribution is -0.115. The topological polar surface area (TPSA) is 81.9 Å². The van der Waals surface area contributed by atoms with Gasteiger partial charge in [0.15, 0.2) is 0 Å². The minimum Gasteiger partial charge on any atom is -0.494 e. The molecule has 146 valence electrons. The van der Waals surface area contributed by atoms with Gasteiger partial charge in [0, 0.05) is 0 Å². The number of carbonyl (C=O) groups is 1. The first-order chi connectivity index (χ1) is 13.4. The van der Waals surface area contributed by atoms with Crippen molar-refractivity contribution in [2.45, 2.75) is 17.3 Å². The van der Waals surface area contributed by atoms with Crippen LogP contribution in [0.25, 0.3) is 5.69 Å². The zero-order chi connectivity index (χ0) is 20.3. The Balaban J connectivity index is 1.77. The van der Waals surface area contributed by atoms with Crippen LogP contribution < -0.4 is 10.1 Å². The smallest absolute Gasteiger partial charge is 0.237 e. The number of amides is 1.